The van der Waals surface area contributed by atoms with Crippen LogP contribution in [0.5, 0.6) is 0 Å². The van der Waals surface area contributed by atoms with E-state index in [0.29, 0.717) is 11.1 Å². The van der Waals surface area contributed by atoms with Gasteiger partial charge in [-0.05, 0) is 42.3 Å². The van der Waals surface area contributed by atoms with Crippen molar-refractivity contribution in [2.24, 2.45) is 0 Å². The van der Waals surface area contributed by atoms with E-state index in [1.54, 1.807) is 61.5 Å². The first-order chi connectivity index (χ1) is 13.3. The molecule has 3 rings (SSSR count). The van der Waals surface area contributed by atoms with Crippen molar-refractivity contribution in [1.82, 2.24) is 9.29 Å². The highest BCUT2D eigenvalue weighted by atomic mass is 35.5. The van der Waals surface area contributed by atoms with Gasteiger partial charge in [0.25, 0.3) is 5.91 Å². The third-order valence-electron chi connectivity index (χ3n) is 4.33. The summed E-state index contributed by atoms with van der Waals surface area (Å²) in [7, 11) is -4.03. The van der Waals surface area contributed by atoms with Crippen LogP contribution in [0, 0.1) is 6.92 Å². The lowest BCUT2D eigenvalue weighted by Gasteiger charge is -2.25. The summed E-state index contributed by atoms with van der Waals surface area (Å²) in [5, 5.41) is 11.0. The van der Waals surface area contributed by atoms with E-state index < -0.39 is 28.1 Å². The zero-order chi connectivity index (χ0) is 20.3. The number of nitrogens with zero attached hydrogens (tertiary/aromatic N) is 1. The van der Waals surface area contributed by atoms with Crippen molar-refractivity contribution >= 4 is 27.5 Å². The first-order valence-corrected chi connectivity index (χ1v) is 10.3. The van der Waals surface area contributed by atoms with Gasteiger partial charge in [0.1, 0.15) is 0 Å². The molecule has 0 spiro atoms. The summed E-state index contributed by atoms with van der Waals surface area (Å²) in [6.07, 6.45) is 1.27. The maximum Gasteiger partial charge on any atom is 0.261 e. The van der Waals surface area contributed by atoms with Crippen molar-refractivity contribution in [3.63, 3.8) is 0 Å². The molecule has 0 amide bonds. The molecule has 1 heterocycles. The standard InChI is InChI=1S/C20H19ClN2O4S/c1-14-8-2-5-11-17(14)28(26,27)22-18(15-9-3-4-10-16(15)21)19(24)20(25)23-12-6-7-13-23/h2-13,18-19,22,24H,1H3/t18-,19+/m0/s1. The molecule has 0 radical (unpaired) electrons. The smallest absolute Gasteiger partial charge is 0.261 e. The van der Waals surface area contributed by atoms with Gasteiger partial charge < -0.3 is 5.11 Å². The minimum absolute atomic E-state index is 0.0627. The van der Waals surface area contributed by atoms with Crippen molar-refractivity contribution < 1.29 is 18.3 Å². The molecule has 0 saturated carbocycles. The van der Waals surface area contributed by atoms with E-state index in [4.69, 9.17) is 11.6 Å². The van der Waals surface area contributed by atoms with E-state index in [1.807, 2.05) is 0 Å². The van der Waals surface area contributed by atoms with Crippen LogP contribution in [-0.4, -0.2) is 30.1 Å². The molecule has 6 nitrogen and oxygen atoms in total. The van der Waals surface area contributed by atoms with Crippen LogP contribution in [0.4, 0.5) is 0 Å². The summed E-state index contributed by atoms with van der Waals surface area (Å²) in [4.78, 5) is 12.7. The van der Waals surface area contributed by atoms with Gasteiger partial charge in [0.05, 0.1) is 10.9 Å². The van der Waals surface area contributed by atoms with Crippen LogP contribution in [0.3, 0.4) is 0 Å². The fourth-order valence-electron chi connectivity index (χ4n) is 2.89. The minimum atomic E-state index is -4.03. The van der Waals surface area contributed by atoms with E-state index in [-0.39, 0.29) is 9.92 Å². The molecule has 2 aromatic carbocycles. The summed E-state index contributed by atoms with van der Waals surface area (Å²) in [6.45, 7) is 1.67. The molecule has 2 N–H and O–H groups in total. The molecule has 0 fully saturated rings. The van der Waals surface area contributed by atoms with E-state index in [2.05, 4.69) is 4.72 Å². The van der Waals surface area contributed by atoms with Gasteiger partial charge >= 0.3 is 0 Å². The van der Waals surface area contributed by atoms with E-state index in [1.165, 1.54) is 23.0 Å². The normalized spacial score (nSPS) is 13.8. The maximum absolute atomic E-state index is 13.0. The Labute approximate surface area is 168 Å². The predicted octanol–water partition coefficient (Wildman–Crippen LogP) is 3.17. The average Bonchev–Trinajstić information content (AvgIpc) is 3.20. The first kappa shape index (κ1) is 20.3. The van der Waals surface area contributed by atoms with Crippen molar-refractivity contribution in [3.8, 4) is 0 Å². The van der Waals surface area contributed by atoms with Gasteiger partial charge in [0.15, 0.2) is 6.10 Å². The van der Waals surface area contributed by atoms with E-state index >= 15 is 0 Å². The number of aliphatic hydroxyl groups excluding tert-OH is 1. The summed E-state index contributed by atoms with van der Waals surface area (Å²) >= 11 is 6.23. The summed E-state index contributed by atoms with van der Waals surface area (Å²) in [5.74, 6) is -0.678. The third kappa shape index (κ3) is 4.18. The van der Waals surface area contributed by atoms with Crippen LogP contribution < -0.4 is 4.72 Å². The van der Waals surface area contributed by atoms with Gasteiger partial charge in [-0.1, -0.05) is 48.0 Å². The monoisotopic (exact) mass is 418 g/mol. The summed E-state index contributed by atoms with van der Waals surface area (Å²) in [6, 6.07) is 14.9. The van der Waals surface area contributed by atoms with Gasteiger partial charge in [-0.15, -0.1) is 0 Å². The zero-order valence-electron chi connectivity index (χ0n) is 15.0. The lowest BCUT2D eigenvalue weighted by Crippen LogP contribution is -2.42. The van der Waals surface area contributed by atoms with Crippen molar-refractivity contribution in [1.29, 1.82) is 0 Å². The molecule has 146 valence electrons. The Morgan fingerprint density at radius 3 is 2.29 bits per heavy atom. The number of aryl methyl sites for hydroxylation is 1. The highest BCUT2D eigenvalue weighted by molar-refractivity contribution is 7.89. The molecule has 3 aromatic rings. The third-order valence-corrected chi connectivity index (χ3v) is 6.28. The van der Waals surface area contributed by atoms with Gasteiger partial charge in [0, 0.05) is 17.4 Å². The van der Waals surface area contributed by atoms with Crippen LogP contribution >= 0.6 is 11.6 Å². The molecule has 8 heteroatoms. The topological polar surface area (TPSA) is 88.4 Å². The van der Waals surface area contributed by atoms with E-state index in [0.717, 1.165) is 0 Å². The van der Waals surface area contributed by atoms with E-state index in [9.17, 15) is 18.3 Å². The predicted molar refractivity (Wildman–Crippen MR) is 107 cm³/mol. The van der Waals surface area contributed by atoms with Crippen LogP contribution in [-0.2, 0) is 10.0 Å². The number of carbonyl (C=O) groups excluding carboxylic acids is 1. The fourth-order valence-corrected chi connectivity index (χ4v) is 4.61. The van der Waals surface area contributed by atoms with Gasteiger partial charge in [-0.25, -0.2) is 13.1 Å². The Bertz CT molecular complexity index is 1080. The van der Waals surface area contributed by atoms with Gasteiger partial charge in [-0.3, -0.25) is 9.36 Å². The fraction of sp³-hybridized carbons (Fsp3) is 0.150. The SMILES string of the molecule is Cc1ccccc1S(=O)(=O)N[C@@H](c1ccccc1Cl)[C@@H](O)C(=O)n1cccc1. The Balaban J connectivity index is 2.03. The summed E-state index contributed by atoms with van der Waals surface area (Å²) < 4.78 is 29.6. The number of aromatic nitrogens is 1. The van der Waals surface area contributed by atoms with Crippen LogP contribution in [0.15, 0.2) is 78.0 Å². The highest BCUT2D eigenvalue weighted by Gasteiger charge is 2.34. The molecule has 0 aliphatic heterocycles. The second-order valence-electron chi connectivity index (χ2n) is 6.26. The molecular weight excluding hydrogens is 400 g/mol. The largest absolute Gasteiger partial charge is 0.381 e. The summed E-state index contributed by atoms with van der Waals surface area (Å²) in [5.41, 5.74) is 0.841. The number of aliphatic hydroxyl groups is 1. The number of halogens is 1. The number of sulfonamides is 1. The second kappa shape index (κ2) is 8.28. The number of rotatable bonds is 6. The molecule has 0 unspecified atom stereocenters. The Morgan fingerprint density at radius 2 is 1.64 bits per heavy atom. The molecule has 0 saturated heterocycles. The van der Waals surface area contributed by atoms with Crippen LogP contribution in [0.2, 0.25) is 5.02 Å². The van der Waals surface area contributed by atoms with Gasteiger partial charge in [-0.2, -0.15) is 0 Å². The average molecular weight is 419 g/mol. The lowest BCUT2D eigenvalue weighted by molar-refractivity contribution is 0.0586. The molecule has 0 bridgehead atoms. The van der Waals surface area contributed by atoms with Crippen molar-refractivity contribution in [2.45, 2.75) is 24.0 Å². The highest BCUT2D eigenvalue weighted by Crippen LogP contribution is 2.28. The van der Waals surface area contributed by atoms with Crippen LogP contribution in [0.25, 0.3) is 0 Å². The molecule has 2 atom stereocenters. The molecular formula is C20H19ClN2O4S. The van der Waals surface area contributed by atoms with Crippen molar-refractivity contribution in [3.05, 3.63) is 89.2 Å². The number of benzene rings is 2. The van der Waals surface area contributed by atoms with Crippen molar-refractivity contribution in [2.75, 3.05) is 0 Å². The van der Waals surface area contributed by atoms with Gasteiger partial charge in [0.2, 0.25) is 10.0 Å². The molecule has 28 heavy (non-hydrogen) atoms. The zero-order valence-corrected chi connectivity index (χ0v) is 16.6. The molecule has 0 aliphatic rings. The lowest BCUT2D eigenvalue weighted by atomic mass is 10.0. The number of nitrogens with one attached hydrogen (secondary N) is 1. The number of carbonyl (C=O) groups is 1. The Morgan fingerprint density at radius 1 is 1.04 bits per heavy atom. The first-order valence-electron chi connectivity index (χ1n) is 8.49. The Kier molecular flexibility index (Phi) is 6.00. The Hall–Kier alpha value is -2.45. The molecule has 1 aromatic heterocycles. The number of hydrogen-bond donors (Lipinski definition) is 2. The number of hydrogen-bond acceptors (Lipinski definition) is 4. The second-order valence-corrected chi connectivity index (χ2v) is 8.35. The minimum Gasteiger partial charge on any atom is -0.381 e. The quantitative estimate of drug-likeness (QED) is 0.643. The van der Waals surface area contributed by atoms with Crippen LogP contribution in [0.1, 0.15) is 22.0 Å². The maximum atomic E-state index is 13.0. The molecule has 0 aliphatic carbocycles.